The maximum atomic E-state index is 14.8. The molecule has 0 radical (unpaired) electrons. The van der Waals surface area contributed by atoms with Crippen molar-refractivity contribution in [2.24, 2.45) is 0 Å². The fraction of sp³-hybridized carbons (Fsp3) is 0.333. The average molecular weight is 479 g/mol. The molecule has 35 heavy (non-hydrogen) atoms. The number of aromatic nitrogens is 7. The molecule has 4 aromatic rings. The first-order valence-electron chi connectivity index (χ1n) is 11.1. The molecule has 0 saturated carbocycles. The van der Waals surface area contributed by atoms with Gasteiger partial charge < -0.3 is 10.4 Å². The topological polar surface area (TPSA) is 124 Å². The number of nitrogens with zero attached hydrogens (tertiary/aromatic N) is 7. The van der Waals surface area contributed by atoms with E-state index in [-0.39, 0.29) is 29.6 Å². The normalized spacial score (nSPS) is 12.5. The van der Waals surface area contributed by atoms with Gasteiger partial charge in [-0.2, -0.15) is 5.10 Å². The minimum absolute atomic E-state index is 0.111. The summed E-state index contributed by atoms with van der Waals surface area (Å²) < 4.78 is 18.1. The second-order valence-corrected chi connectivity index (χ2v) is 9.33. The monoisotopic (exact) mass is 478 g/mol. The van der Waals surface area contributed by atoms with Crippen molar-refractivity contribution in [3.05, 3.63) is 59.7 Å². The zero-order chi connectivity index (χ0) is 25.3. The fourth-order valence-electron chi connectivity index (χ4n) is 3.54. The molecule has 0 unspecified atom stereocenters. The van der Waals surface area contributed by atoms with Crippen LogP contribution in [0.15, 0.2) is 42.7 Å². The Labute approximate surface area is 201 Å². The highest BCUT2D eigenvalue weighted by Gasteiger charge is 2.20. The van der Waals surface area contributed by atoms with E-state index in [0.717, 1.165) is 5.56 Å². The number of aliphatic hydroxyl groups excluding tert-OH is 1. The molecule has 0 aliphatic carbocycles. The van der Waals surface area contributed by atoms with Gasteiger partial charge in [-0.3, -0.25) is 9.48 Å². The van der Waals surface area contributed by atoms with Gasteiger partial charge in [0.25, 0.3) is 5.91 Å². The van der Waals surface area contributed by atoms with E-state index in [1.54, 1.807) is 38.2 Å². The number of benzene rings is 1. The Kier molecular flexibility index (Phi) is 6.44. The van der Waals surface area contributed by atoms with E-state index in [0.29, 0.717) is 22.6 Å². The maximum Gasteiger partial charge on any atom is 0.259 e. The van der Waals surface area contributed by atoms with Crippen LogP contribution in [-0.4, -0.2) is 52.6 Å². The lowest BCUT2D eigenvalue weighted by Crippen LogP contribution is -2.21. The molecular formula is C24H27FN8O2. The van der Waals surface area contributed by atoms with Gasteiger partial charge in [0.2, 0.25) is 5.82 Å². The van der Waals surface area contributed by atoms with Gasteiger partial charge in [0.05, 0.1) is 29.9 Å². The third-order valence-corrected chi connectivity index (χ3v) is 5.53. The molecule has 0 saturated heterocycles. The maximum absolute atomic E-state index is 14.8. The summed E-state index contributed by atoms with van der Waals surface area (Å²) in [5.41, 5.74) is 2.27. The molecule has 2 N–H and O–H groups in total. The predicted molar refractivity (Wildman–Crippen MR) is 128 cm³/mol. The predicted octanol–water partition coefficient (Wildman–Crippen LogP) is 3.61. The number of pyridine rings is 1. The van der Waals surface area contributed by atoms with Gasteiger partial charge in [0.1, 0.15) is 17.3 Å². The molecule has 1 aromatic carbocycles. The quantitative estimate of drug-likeness (QED) is 0.434. The van der Waals surface area contributed by atoms with Crippen molar-refractivity contribution in [1.29, 1.82) is 0 Å². The van der Waals surface area contributed by atoms with Crippen LogP contribution in [0.2, 0.25) is 0 Å². The third-order valence-electron chi connectivity index (χ3n) is 5.53. The summed E-state index contributed by atoms with van der Waals surface area (Å²) >= 11 is 0. The van der Waals surface area contributed by atoms with E-state index >= 15 is 0 Å². The van der Waals surface area contributed by atoms with Crippen molar-refractivity contribution in [3.63, 3.8) is 0 Å². The Morgan fingerprint density at radius 2 is 2.03 bits per heavy atom. The first kappa shape index (κ1) is 24.1. The first-order valence-corrected chi connectivity index (χ1v) is 11.1. The Morgan fingerprint density at radius 3 is 2.71 bits per heavy atom. The van der Waals surface area contributed by atoms with E-state index in [4.69, 9.17) is 0 Å². The molecule has 10 nitrogen and oxygen atoms in total. The van der Waals surface area contributed by atoms with Gasteiger partial charge in [0.15, 0.2) is 0 Å². The number of carbonyl (C=O) groups excluding carboxylic acids is 1. The van der Waals surface area contributed by atoms with E-state index in [1.165, 1.54) is 16.8 Å². The first-order chi connectivity index (χ1) is 16.6. The van der Waals surface area contributed by atoms with Crippen molar-refractivity contribution >= 4 is 11.7 Å². The summed E-state index contributed by atoms with van der Waals surface area (Å²) in [4.78, 5) is 17.4. The van der Waals surface area contributed by atoms with Crippen LogP contribution < -0.4 is 5.32 Å². The van der Waals surface area contributed by atoms with Crippen LogP contribution in [0.3, 0.4) is 0 Å². The Morgan fingerprint density at radius 1 is 1.26 bits per heavy atom. The zero-order valence-electron chi connectivity index (χ0n) is 20.2. The molecule has 0 fully saturated rings. The second kappa shape index (κ2) is 9.34. The third kappa shape index (κ3) is 4.94. The van der Waals surface area contributed by atoms with Gasteiger partial charge in [-0.25, -0.2) is 14.1 Å². The highest BCUT2D eigenvalue weighted by Crippen LogP contribution is 2.28. The number of nitrogens with one attached hydrogen (secondary N) is 1. The number of anilines is 1. The minimum atomic E-state index is -0.639. The number of tetrazole rings is 1. The summed E-state index contributed by atoms with van der Waals surface area (Å²) in [6.07, 6.45) is 3.58. The number of amides is 1. The van der Waals surface area contributed by atoms with Crippen LogP contribution in [-0.2, 0) is 5.54 Å². The van der Waals surface area contributed by atoms with Crippen molar-refractivity contribution in [2.45, 2.75) is 46.2 Å². The molecule has 3 aromatic heterocycles. The SMILES string of the molecule is Cc1cc(F)c(C(=O)Nc2cccc(-c3nnnn3[C@H](C)CO)n2)cc1-c1cnn(C(C)(C)C)c1. The molecule has 0 spiro atoms. The lowest BCUT2D eigenvalue weighted by atomic mass is 9.99. The summed E-state index contributed by atoms with van der Waals surface area (Å²) in [5.74, 6) is -0.730. The molecule has 1 amide bonds. The van der Waals surface area contributed by atoms with E-state index in [2.05, 4.69) is 30.9 Å². The van der Waals surface area contributed by atoms with Gasteiger partial charge in [-0.05, 0) is 80.4 Å². The van der Waals surface area contributed by atoms with E-state index in [1.807, 2.05) is 31.6 Å². The highest BCUT2D eigenvalue weighted by molar-refractivity contribution is 6.05. The Balaban J connectivity index is 1.63. The number of rotatable bonds is 6. The minimum Gasteiger partial charge on any atom is -0.394 e. The lowest BCUT2D eigenvalue weighted by Gasteiger charge is -2.18. The summed E-state index contributed by atoms with van der Waals surface area (Å²) in [5, 5.41) is 28.0. The van der Waals surface area contributed by atoms with Crippen molar-refractivity contribution in [2.75, 3.05) is 11.9 Å². The molecule has 0 bridgehead atoms. The molecule has 0 aliphatic rings. The molecule has 4 rings (SSSR count). The van der Waals surface area contributed by atoms with Crippen LogP contribution in [0.5, 0.6) is 0 Å². The molecule has 182 valence electrons. The highest BCUT2D eigenvalue weighted by atomic mass is 19.1. The van der Waals surface area contributed by atoms with Crippen LogP contribution in [0.25, 0.3) is 22.6 Å². The van der Waals surface area contributed by atoms with Crippen LogP contribution >= 0.6 is 0 Å². The van der Waals surface area contributed by atoms with Gasteiger partial charge in [0, 0.05) is 11.8 Å². The van der Waals surface area contributed by atoms with Crippen LogP contribution in [0.4, 0.5) is 10.2 Å². The number of halogens is 1. The number of aryl methyl sites for hydroxylation is 1. The lowest BCUT2D eigenvalue weighted by molar-refractivity contribution is 0.102. The molecular weight excluding hydrogens is 451 g/mol. The Bertz CT molecular complexity index is 1370. The van der Waals surface area contributed by atoms with E-state index < -0.39 is 11.7 Å². The summed E-state index contributed by atoms with van der Waals surface area (Å²) in [7, 11) is 0. The molecule has 3 heterocycles. The standard InChI is InChI=1S/C24H27FN8O2/c1-14-9-19(25)18(10-17(14)16-11-26-32(12-16)24(3,4)5)23(35)28-21-8-6-7-20(27-21)22-29-30-31-33(22)15(2)13-34/h6-12,15,34H,13H2,1-5H3,(H,27,28,35)/t15-/m1/s1. The molecule has 1 atom stereocenters. The van der Waals surface area contributed by atoms with Crippen molar-refractivity contribution in [3.8, 4) is 22.6 Å². The van der Waals surface area contributed by atoms with Crippen molar-refractivity contribution in [1.82, 2.24) is 35.0 Å². The zero-order valence-corrected chi connectivity index (χ0v) is 20.2. The second-order valence-electron chi connectivity index (χ2n) is 9.33. The molecule has 11 heteroatoms. The Hall–Kier alpha value is -3.99. The van der Waals surface area contributed by atoms with E-state index in [9.17, 15) is 14.3 Å². The van der Waals surface area contributed by atoms with Gasteiger partial charge >= 0.3 is 0 Å². The number of hydrogen-bond acceptors (Lipinski definition) is 7. The molecule has 0 aliphatic heterocycles. The van der Waals surface area contributed by atoms with Gasteiger partial charge in [-0.15, -0.1) is 5.10 Å². The van der Waals surface area contributed by atoms with Crippen LogP contribution in [0.1, 0.15) is 49.7 Å². The van der Waals surface area contributed by atoms with Crippen molar-refractivity contribution < 1.29 is 14.3 Å². The smallest absolute Gasteiger partial charge is 0.259 e. The number of aliphatic hydroxyl groups is 1. The fourth-order valence-corrected chi connectivity index (χ4v) is 3.54. The number of carbonyl (C=O) groups is 1. The van der Waals surface area contributed by atoms with Crippen LogP contribution in [0, 0.1) is 12.7 Å². The average Bonchev–Trinajstić information content (AvgIpc) is 3.49. The van der Waals surface area contributed by atoms with Gasteiger partial charge in [-0.1, -0.05) is 6.07 Å². The summed E-state index contributed by atoms with van der Waals surface area (Å²) in [6.45, 7) is 9.49. The largest absolute Gasteiger partial charge is 0.394 e. The number of hydrogen-bond donors (Lipinski definition) is 2. The summed E-state index contributed by atoms with van der Waals surface area (Å²) in [6, 6.07) is 7.45.